The fraction of sp³-hybridized carbons (Fsp3) is 0.533. The lowest BCUT2D eigenvalue weighted by atomic mass is 9.77. The van der Waals surface area contributed by atoms with Crippen LogP contribution in [0.5, 0.6) is 0 Å². The predicted octanol–water partition coefficient (Wildman–Crippen LogP) is 1.40. The molecule has 1 unspecified atom stereocenters. The third kappa shape index (κ3) is 2.84. The number of hydrogen-bond donors (Lipinski definition) is 2. The Balaban J connectivity index is 2.27. The molecule has 2 heterocycles. The lowest BCUT2D eigenvalue weighted by Gasteiger charge is -2.39. The Bertz CT molecular complexity index is 622. The smallest absolute Gasteiger partial charge is 0.311 e. The van der Waals surface area contributed by atoms with Gasteiger partial charge < -0.3 is 15.0 Å². The van der Waals surface area contributed by atoms with E-state index >= 15 is 0 Å². The molecule has 2 N–H and O–H groups in total. The van der Waals surface area contributed by atoms with Crippen molar-refractivity contribution in [2.45, 2.75) is 33.1 Å². The van der Waals surface area contributed by atoms with Crippen LogP contribution in [0.1, 0.15) is 42.2 Å². The van der Waals surface area contributed by atoms with Crippen molar-refractivity contribution >= 4 is 11.9 Å². The fourth-order valence-electron chi connectivity index (χ4n) is 2.83. The van der Waals surface area contributed by atoms with Crippen molar-refractivity contribution in [1.82, 2.24) is 9.88 Å². The second-order valence-corrected chi connectivity index (χ2v) is 5.65. The molecule has 114 valence electrons. The molecule has 1 aliphatic heterocycles. The highest BCUT2D eigenvalue weighted by Crippen LogP contribution is 2.34. The maximum atomic E-state index is 12.5. The largest absolute Gasteiger partial charge is 0.481 e. The van der Waals surface area contributed by atoms with Gasteiger partial charge in [0.05, 0.1) is 5.41 Å². The zero-order valence-electron chi connectivity index (χ0n) is 12.3. The van der Waals surface area contributed by atoms with Gasteiger partial charge in [-0.05, 0) is 38.3 Å². The first-order valence-electron chi connectivity index (χ1n) is 7.12. The van der Waals surface area contributed by atoms with E-state index in [1.54, 1.807) is 13.0 Å². The maximum absolute atomic E-state index is 12.5. The van der Waals surface area contributed by atoms with Gasteiger partial charge in [-0.1, -0.05) is 6.92 Å². The SMILES string of the molecule is CCC1(C(=O)O)CCCN(C(=O)c2ccc(C)[nH]c2=O)C1. The first kappa shape index (κ1) is 15.3. The number of carbonyl (C=O) groups excluding carboxylic acids is 1. The number of hydrogen-bond acceptors (Lipinski definition) is 3. The number of aromatic nitrogens is 1. The summed E-state index contributed by atoms with van der Waals surface area (Å²) in [4.78, 5) is 39.9. The highest BCUT2D eigenvalue weighted by molar-refractivity contribution is 5.94. The van der Waals surface area contributed by atoms with Gasteiger partial charge >= 0.3 is 5.97 Å². The number of carboxylic acids is 1. The number of aliphatic carboxylic acids is 1. The fourth-order valence-corrected chi connectivity index (χ4v) is 2.83. The first-order chi connectivity index (χ1) is 9.89. The molecule has 0 spiro atoms. The average Bonchev–Trinajstić information content (AvgIpc) is 2.46. The van der Waals surface area contributed by atoms with Gasteiger partial charge in [0.2, 0.25) is 0 Å². The summed E-state index contributed by atoms with van der Waals surface area (Å²) in [5.41, 5.74) is -0.574. The highest BCUT2D eigenvalue weighted by atomic mass is 16.4. The van der Waals surface area contributed by atoms with Gasteiger partial charge in [0.1, 0.15) is 5.56 Å². The summed E-state index contributed by atoms with van der Waals surface area (Å²) in [5.74, 6) is -1.27. The molecule has 21 heavy (non-hydrogen) atoms. The Hall–Kier alpha value is -2.11. The van der Waals surface area contributed by atoms with E-state index in [2.05, 4.69) is 4.98 Å². The summed E-state index contributed by atoms with van der Waals surface area (Å²) in [5, 5.41) is 9.44. The number of aryl methyl sites for hydroxylation is 1. The zero-order valence-corrected chi connectivity index (χ0v) is 12.3. The summed E-state index contributed by atoms with van der Waals surface area (Å²) >= 11 is 0. The van der Waals surface area contributed by atoms with Gasteiger partial charge in [-0.3, -0.25) is 14.4 Å². The molecule has 0 radical (unpaired) electrons. The minimum Gasteiger partial charge on any atom is -0.481 e. The summed E-state index contributed by atoms with van der Waals surface area (Å²) in [6.07, 6.45) is 1.67. The van der Waals surface area contributed by atoms with Crippen molar-refractivity contribution in [3.8, 4) is 0 Å². The molecule has 2 rings (SSSR count). The third-order valence-electron chi connectivity index (χ3n) is 4.28. The van der Waals surface area contributed by atoms with E-state index in [-0.39, 0.29) is 12.1 Å². The highest BCUT2D eigenvalue weighted by Gasteiger charge is 2.42. The van der Waals surface area contributed by atoms with E-state index in [1.807, 2.05) is 6.92 Å². The molecule has 1 amide bonds. The zero-order chi connectivity index (χ0) is 15.6. The van der Waals surface area contributed by atoms with Crippen LogP contribution in [0.25, 0.3) is 0 Å². The molecule has 1 aromatic heterocycles. The Morgan fingerprint density at radius 1 is 1.43 bits per heavy atom. The quantitative estimate of drug-likeness (QED) is 0.881. The summed E-state index contributed by atoms with van der Waals surface area (Å²) in [6, 6.07) is 3.17. The molecule has 6 nitrogen and oxygen atoms in total. The van der Waals surface area contributed by atoms with E-state index in [9.17, 15) is 19.5 Å². The standard InChI is InChI=1S/C15H20N2O4/c1-3-15(14(20)21)7-4-8-17(9-15)13(19)11-6-5-10(2)16-12(11)18/h5-6H,3-4,7-9H2,1-2H3,(H,16,18)(H,20,21). The molecule has 1 aromatic rings. The van der Waals surface area contributed by atoms with Crippen LogP contribution in [0.4, 0.5) is 0 Å². The number of rotatable bonds is 3. The van der Waals surface area contributed by atoms with E-state index < -0.39 is 22.9 Å². The van der Waals surface area contributed by atoms with E-state index in [0.717, 1.165) is 0 Å². The maximum Gasteiger partial charge on any atom is 0.311 e. The number of aromatic amines is 1. The number of nitrogens with zero attached hydrogens (tertiary/aromatic N) is 1. The van der Waals surface area contributed by atoms with Gasteiger partial charge in [-0.2, -0.15) is 0 Å². The molecular weight excluding hydrogens is 272 g/mol. The Morgan fingerprint density at radius 3 is 2.71 bits per heavy atom. The van der Waals surface area contributed by atoms with Crippen LogP contribution in [-0.4, -0.2) is 40.0 Å². The average molecular weight is 292 g/mol. The summed E-state index contributed by atoms with van der Waals surface area (Å²) in [6.45, 7) is 4.20. The lowest BCUT2D eigenvalue weighted by molar-refractivity contribution is -0.152. The topological polar surface area (TPSA) is 90.5 Å². The van der Waals surface area contributed by atoms with Crippen LogP contribution in [-0.2, 0) is 4.79 Å². The van der Waals surface area contributed by atoms with E-state index in [1.165, 1.54) is 11.0 Å². The van der Waals surface area contributed by atoms with Crippen LogP contribution in [0.2, 0.25) is 0 Å². The predicted molar refractivity (Wildman–Crippen MR) is 77.3 cm³/mol. The van der Waals surface area contributed by atoms with Crippen LogP contribution < -0.4 is 5.56 Å². The number of likely N-dealkylation sites (tertiary alicyclic amines) is 1. The normalized spacial score (nSPS) is 22.1. The number of H-pyrrole nitrogens is 1. The second kappa shape index (κ2) is 5.71. The second-order valence-electron chi connectivity index (χ2n) is 5.65. The minimum absolute atomic E-state index is 0.0675. The number of nitrogens with one attached hydrogen (secondary N) is 1. The third-order valence-corrected chi connectivity index (χ3v) is 4.28. The molecule has 0 saturated carbocycles. The number of pyridine rings is 1. The minimum atomic E-state index is -0.897. The van der Waals surface area contributed by atoms with Crippen molar-refractivity contribution in [2.75, 3.05) is 13.1 Å². The number of carboxylic acid groups (broad SMARTS) is 1. The van der Waals surface area contributed by atoms with Crippen LogP contribution in [0.15, 0.2) is 16.9 Å². The summed E-state index contributed by atoms with van der Waals surface area (Å²) < 4.78 is 0. The van der Waals surface area contributed by atoms with Gasteiger partial charge in [0, 0.05) is 18.8 Å². The van der Waals surface area contributed by atoms with Crippen LogP contribution >= 0.6 is 0 Å². The molecule has 1 fully saturated rings. The molecule has 1 atom stereocenters. The van der Waals surface area contributed by atoms with Crippen molar-refractivity contribution in [3.05, 3.63) is 33.7 Å². The Morgan fingerprint density at radius 2 is 2.14 bits per heavy atom. The lowest BCUT2D eigenvalue weighted by Crippen LogP contribution is -2.50. The van der Waals surface area contributed by atoms with E-state index in [0.29, 0.717) is 31.5 Å². The van der Waals surface area contributed by atoms with Crippen molar-refractivity contribution in [2.24, 2.45) is 5.41 Å². The van der Waals surface area contributed by atoms with Gasteiger partial charge in [0.25, 0.3) is 11.5 Å². The van der Waals surface area contributed by atoms with Gasteiger partial charge in [-0.25, -0.2) is 0 Å². The number of carbonyl (C=O) groups is 2. The number of piperidine rings is 1. The molecular formula is C15H20N2O4. The van der Waals surface area contributed by atoms with Gasteiger partial charge in [0.15, 0.2) is 0 Å². The molecule has 1 aliphatic rings. The van der Waals surface area contributed by atoms with Crippen LogP contribution in [0.3, 0.4) is 0 Å². The molecule has 0 aliphatic carbocycles. The first-order valence-corrected chi connectivity index (χ1v) is 7.12. The Kier molecular flexibility index (Phi) is 4.16. The monoisotopic (exact) mass is 292 g/mol. The summed E-state index contributed by atoms with van der Waals surface area (Å²) in [7, 11) is 0. The molecule has 6 heteroatoms. The van der Waals surface area contributed by atoms with Crippen molar-refractivity contribution in [1.29, 1.82) is 0 Å². The number of amides is 1. The van der Waals surface area contributed by atoms with Crippen molar-refractivity contribution in [3.63, 3.8) is 0 Å². The molecule has 1 saturated heterocycles. The van der Waals surface area contributed by atoms with Crippen LogP contribution in [0, 0.1) is 12.3 Å². The van der Waals surface area contributed by atoms with E-state index in [4.69, 9.17) is 0 Å². The van der Waals surface area contributed by atoms with Gasteiger partial charge in [-0.15, -0.1) is 0 Å². The molecule has 0 bridgehead atoms. The van der Waals surface area contributed by atoms with Crippen molar-refractivity contribution < 1.29 is 14.7 Å². The molecule has 0 aromatic carbocycles. The Labute approximate surface area is 122 Å².